The van der Waals surface area contributed by atoms with Crippen molar-refractivity contribution in [1.29, 1.82) is 0 Å². The summed E-state index contributed by atoms with van der Waals surface area (Å²) in [5, 5.41) is 0. The van der Waals surface area contributed by atoms with Crippen molar-refractivity contribution in [1.82, 2.24) is 0 Å². The maximum Gasteiger partial charge on any atom is 0.233 e. The van der Waals surface area contributed by atoms with Crippen LogP contribution >= 0.6 is 0 Å². The van der Waals surface area contributed by atoms with Gasteiger partial charge in [0.1, 0.15) is 11.8 Å². The molecule has 4 heteroatoms. The van der Waals surface area contributed by atoms with Crippen LogP contribution in [0.4, 0.5) is 5.69 Å². The highest BCUT2D eigenvalue weighted by atomic mass is 16.5. The van der Waals surface area contributed by atoms with E-state index in [2.05, 4.69) is 0 Å². The van der Waals surface area contributed by atoms with E-state index < -0.39 is 5.72 Å². The number of amides is 1. The molecule has 0 spiro atoms. The van der Waals surface area contributed by atoms with E-state index in [1.165, 1.54) is 0 Å². The zero-order chi connectivity index (χ0) is 13.6. The lowest BCUT2D eigenvalue weighted by Gasteiger charge is -2.35. The highest BCUT2D eigenvalue weighted by Crippen LogP contribution is 2.66. The number of carbonyl (C=O) groups is 2. The molecule has 6 atom stereocenters. The molecule has 0 radical (unpaired) electrons. The number of Topliss-reactive ketones (excluding diaryl/α,β-unsaturated/α-hetero) is 1. The Hall–Kier alpha value is -1.68. The highest BCUT2D eigenvalue weighted by Gasteiger charge is 2.77. The monoisotopic (exact) mass is 269 g/mol. The number of ether oxygens (including phenoxy) is 1. The second kappa shape index (κ2) is 3.14. The number of rotatable bonds is 1. The summed E-state index contributed by atoms with van der Waals surface area (Å²) < 4.78 is 6.12. The minimum atomic E-state index is -0.640. The Morgan fingerprint density at radius 2 is 2.00 bits per heavy atom. The minimum absolute atomic E-state index is 0.0719. The topological polar surface area (TPSA) is 46.6 Å². The lowest BCUT2D eigenvalue weighted by atomic mass is 9.78. The summed E-state index contributed by atoms with van der Waals surface area (Å²) in [6.45, 7) is 1.98. The fourth-order valence-corrected chi connectivity index (χ4v) is 5.20. The standard InChI is InChI=1S/C16H15NO3/c1-16-12-10-7-9(13(18)14(10)20-16)11(12)15(19)17(16)8-5-3-2-4-6-8/h2-6,9-12,14H,7H2,1H3. The Morgan fingerprint density at radius 3 is 2.75 bits per heavy atom. The average Bonchev–Trinajstić information content (AvgIpc) is 3.08. The predicted molar refractivity (Wildman–Crippen MR) is 70.8 cm³/mol. The van der Waals surface area contributed by atoms with Crippen LogP contribution in [0.3, 0.4) is 0 Å². The Kier molecular flexibility index (Phi) is 1.73. The van der Waals surface area contributed by atoms with Crippen molar-refractivity contribution in [3.8, 4) is 0 Å². The van der Waals surface area contributed by atoms with E-state index in [0.717, 1.165) is 12.1 Å². The lowest BCUT2D eigenvalue weighted by molar-refractivity contribution is -0.141. The van der Waals surface area contributed by atoms with Gasteiger partial charge in [-0.2, -0.15) is 0 Å². The van der Waals surface area contributed by atoms with E-state index >= 15 is 0 Å². The Balaban J connectivity index is 1.69. The highest BCUT2D eigenvalue weighted by molar-refractivity contribution is 6.06. The van der Waals surface area contributed by atoms with Crippen molar-refractivity contribution in [3.05, 3.63) is 30.3 Å². The van der Waals surface area contributed by atoms with E-state index in [4.69, 9.17) is 4.74 Å². The van der Waals surface area contributed by atoms with Gasteiger partial charge in [-0.15, -0.1) is 0 Å². The van der Waals surface area contributed by atoms with Crippen molar-refractivity contribution in [2.75, 3.05) is 4.90 Å². The zero-order valence-corrected chi connectivity index (χ0v) is 11.2. The van der Waals surface area contributed by atoms with Gasteiger partial charge in [0.25, 0.3) is 0 Å². The molecule has 2 aliphatic heterocycles. The number of fused-ring (bicyclic) bond motifs is 2. The van der Waals surface area contributed by atoms with Crippen LogP contribution in [0, 0.1) is 23.7 Å². The first-order valence-corrected chi connectivity index (χ1v) is 7.23. The summed E-state index contributed by atoms with van der Waals surface area (Å²) in [5.74, 6) is 0.418. The lowest BCUT2D eigenvalue weighted by Crippen LogP contribution is -2.48. The van der Waals surface area contributed by atoms with Gasteiger partial charge in [-0.05, 0) is 25.5 Å². The fourth-order valence-electron chi connectivity index (χ4n) is 5.20. The van der Waals surface area contributed by atoms with Crippen molar-refractivity contribution in [2.45, 2.75) is 25.2 Å². The van der Waals surface area contributed by atoms with Crippen LogP contribution in [0.5, 0.6) is 0 Å². The molecule has 20 heavy (non-hydrogen) atoms. The van der Waals surface area contributed by atoms with E-state index in [1.54, 1.807) is 4.90 Å². The molecular weight excluding hydrogens is 254 g/mol. The van der Waals surface area contributed by atoms with Gasteiger partial charge in [0, 0.05) is 23.4 Å². The quantitative estimate of drug-likeness (QED) is 0.778. The number of nitrogens with zero attached hydrogens (tertiary/aromatic N) is 1. The van der Waals surface area contributed by atoms with E-state index in [-0.39, 0.29) is 41.5 Å². The Labute approximate surface area is 116 Å². The maximum atomic E-state index is 12.9. The number of hydrogen-bond acceptors (Lipinski definition) is 3. The number of carbonyl (C=O) groups excluding carboxylic acids is 2. The molecular formula is C16H15NO3. The number of anilines is 1. The van der Waals surface area contributed by atoms with Gasteiger partial charge in [-0.1, -0.05) is 18.2 Å². The Bertz CT molecular complexity index is 642. The van der Waals surface area contributed by atoms with Gasteiger partial charge < -0.3 is 4.74 Å². The SMILES string of the molecule is CC12OC3C(=O)C4CC3C1C4C(=O)N2c1ccccc1. The van der Waals surface area contributed by atoms with Gasteiger partial charge in [-0.3, -0.25) is 14.5 Å². The summed E-state index contributed by atoms with van der Waals surface area (Å²) in [4.78, 5) is 26.9. The molecule has 4 aliphatic rings. The minimum Gasteiger partial charge on any atom is -0.344 e. The molecule has 1 aromatic rings. The fraction of sp³-hybridized carbons (Fsp3) is 0.500. The molecule has 2 saturated heterocycles. The first-order valence-electron chi connectivity index (χ1n) is 7.23. The number of hydrogen-bond donors (Lipinski definition) is 0. The molecule has 1 amide bonds. The number of benzene rings is 1. The van der Waals surface area contributed by atoms with E-state index in [9.17, 15) is 9.59 Å². The Morgan fingerprint density at radius 1 is 1.25 bits per heavy atom. The third kappa shape index (κ3) is 0.955. The first-order chi connectivity index (χ1) is 9.63. The van der Waals surface area contributed by atoms with Crippen LogP contribution in [0.15, 0.2) is 30.3 Å². The second-order valence-electron chi connectivity index (χ2n) is 6.56. The van der Waals surface area contributed by atoms with E-state index in [0.29, 0.717) is 0 Å². The van der Waals surface area contributed by atoms with Crippen molar-refractivity contribution in [2.24, 2.45) is 23.7 Å². The molecule has 0 aromatic heterocycles. The van der Waals surface area contributed by atoms with Crippen molar-refractivity contribution in [3.63, 3.8) is 0 Å². The summed E-state index contributed by atoms with van der Waals surface area (Å²) in [6, 6.07) is 9.67. The molecule has 4 fully saturated rings. The molecule has 1 aromatic carbocycles. The van der Waals surface area contributed by atoms with Crippen molar-refractivity contribution >= 4 is 17.4 Å². The molecule has 6 unspecified atom stereocenters. The molecule has 4 nitrogen and oxygen atoms in total. The summed E-state index contributed by atoms with van der Waals surface area (Å²) >= 11 is 0. The van der Waals surface area contributed by atoms with E-state index in [1.807, 2.05) is 37.3 Å². The van der Waals surface area contributed by atoms with Crippen LogP contribution in [0.25, 0.3) is 0 Å². The maximum absolute atomic E-state index is 12.9. The third-order valence-electron chi connectivity index (χ3n) is 5.79. The van der Waals surface area contributed by atoms with Crippen LogP contribution in [0.1, 0.15) is 13.3 Å². The molecule has 102 valence electrons. The van der Waals surface area contributed by atoms with Gasteiger partial charge >= 0.3 is 0 Å². The number of ketones is 1. The van der Waals surface area contributed by atoms with Gasteiger partial charge in [0.2, 0.25) is 5.91 Å². The van der Waals surface area contributed by atoms with Crippen LogP contribution < -0.4 is 4.90 Å². The van der Waals surface area contributed by atoms with Crippen LogP contribution in [0.2, 0.25) is 0 Å². The molecule has 2 aliphatic carbocycles. The van der Waals surface area contributed by atoms with Crippen molar-refractivity contribution < 1.29 is 14.3 Å². The zero-order valence-electron chi connectivity index (χ0n) is 11.2. The second-order valence-corrected chi connectivity index (χ2v) is 6.56. The first kappa shape index (κ1) is 11.0. The van der Waals surface area contributed by atoms with Gasteiger partial charge in [0.05, 0.1) is 5.92 Å². The third-order valence-corrected chi connectivity index (χ3v) is 5.79. The molecule has 2 bridgehead atoms. The van der Waals surface area contributed by atoms with Crippen LogP contribution in [-0.2, 0) is 14.3 Å². The molecule has 0 N–H and O–H groups in total. The molecule has 2 saturated carbocycles. The van der Waals surface area contributed by atoms with Gasteiger partial charge in [-0.25, -0.2) is 0 Å². The summed E-state index contributed by atoms with van der Waals surface area (Å²) in [7, 11) is 0. The summed E-state index contributed by atoms with van der Waals surface area (Å²) in [6.07, 6.45) is 0.577. The van der Waals surface area contributed by atoms with Gasteiger partial charge in [0.15, 0.2) is 5.78 Å². The molecule has 5 rings (SSSR count). The predicted octanol–water partition coefficient (Wildman–Crippen LogP) is 1.60. The normalized spacial score (nSPS) is 47.6. The molecule has 2 heterocycles. The summed E-state index contributed by atoms with van der Waals surface area (Å²) in [5.41, 5.74) is 0.237. The number of para-hydroxylation sites is 1. The van der Waals surface area contributed by atoms with Crippen LogP contribution in [-0.4, -0.2) is 23.5 Å². The average molecular weight is 269 g/mol. The smallest absolute Gasteiger partial charge is 0.233 e. The largest absolute Gasteiger partial charge is 0.344 e.